The van der Waals surface area contributed by atoms with Crippen LogP contribution in [-0.2, 0) is 4.79 Å². The summed E-state index contributed by atoms with van der Waals surface area (Å²) < 4.78 is 11.2. The number of fused-ring (bicyclic) bond motifs is 1. The summed E-state index contributed by atoms with van der Waals surface area (Å²) in [6.07, 6.45) is 1.90. The first-order valence-corrected chi connectivity index (χ1v) is 11.5. The first-order valence-electron chi connectivity index (χ1n) is 11.1. The zero-order chi connectivity index (χ0) is 22.5. The molecular weight excluding hydrogens is 428 g/mol. The average Bonchev–Trinajstić information content (AvgIpc) is 3.19. The predicted octanol–water partition coefficient (Wildman–Crippen LogP) is 4.83. The van der Waals surface area contributed by atoms with E-state index in [0.717, 1.165) is 42.8 Å². The van der Waals surface area contributed by atoms with Gasteiger partial charge in [-0.05, 0) is 70.1 Å². The zero-order valence-corrected chi connectivity index (χ0v) is 19.2. The monoisotopic (exact) mass is 456 g/mol. The lowest BCUT2D eigenvalue weighted by Crippen LogP contribution is -2.39. The van der Waals surface area contributed by atoms with Gasteiger partial charge in [-0.25, -0.2) is 4.98 Å². The van der Waals surface area contributed by atoms with Crippen LogP contribution in [0.25, 0.3) is 11.0 Å². The molecule has 1 saturated heterocycles. The number of carbonyl (C=O) groups is 1. The fraction of sp³-hybridized carbons (Fsp3) is 0.417. The van der Waals surface area contributed by atoms with Crippen molar-refractivity contribution >= 4 is 34.2 Å². The van der Waals surface area contributed by atoms with Gasteiger partial charge in [-0.2, -0.15) is 0 Å². The Balaban J connectivity index is 1.33. The van der Waals surface area contributed by atoms with Crippen LogP contribution in [0.1, 0.15) is 38.4 Å². The molecule has 4 rings (SSSR count). The number of aromatic amines is 1. The van der Waals surface area contributed by atoms with Crippen molar-refractivity contribution in [3.8, 4) is 11.5 Å². The molecule has 3 aromatic rings. The molecule has 2 aromatic carbocycles. The number of nitrogens with zero attached hydrogens (tertiary/aromatic N) is 2. The second kappa shape index (κ2) is 10.2. The lowest BCUT2D eigenvalue weighted by molar-refractivity contribution is -0.117. The molecule has 2 heterocycles. The van der Waals surface area contributed by atoms with Crippen molar-refractivity contribution < 1.29 is 14.3 Å². The van der Waals surface area contributed by atoms with E-state index >= 15 is 0 Å². The number of ether oxygens (including phenoxy) is 2. The van der Waals surface area contributed by atoms with Gasteiger partial charge in [0.1, 0.15) is 17.3 Å². The van der Waals surface area contributed by atoms with Gasteiger partial charge in [0, 0.05) is 17.0 Å². The molecule has 0 saturated carbocycles. The third-order valence-corrected chi connectivity index (χ3v) is 5.87. The number of anilines is 1. The highest BCUT2D eigenvalue weighted by Gasteiger charge is 2.24. The van der Waals surface area contributed by atoms with Gasteiger partial charge in [-0.3, -0.25) is 9.69 Å². The van der Waals surface area contributed by atoms with Crippen LogP contribution >= 0.6 is 11.6 Å². The van der Waals surface area contributed by atoms with Gasteiger partial charge in [0.25, 0.3) is 0 Å². The number of piperidine rings is 1. The second-order valence-electron chi connectivity index (χ2n) is 7.91. The van der Waals surface area contributed by atoms with Crippen molar-refractivity contribution in [1.29, 1.82) is 0 Å². The van der Waals surface area contributed by atoms with Crippen molar-refractivity contribution in [3.05, 3.63) is 47.2 Å². The molecule has 32 heavy (non-hydrogen) atoms. The molecule has 1 aliphatic heterocycles. The summed E-state index contributed by atoms with van der Waals surface area (Å²) in [5.74, 6) is 2.65. The summed E-state index contributed by atoms with van der Waals surface area (Å²) in [5, 5.41) is 3.69. The molecule has 7 nitrogen and oxygen atoms in total. The average molecular weight is 457 g/mol. The highest BCUT2D eigenvalue weighted by atomic mass is 35.5. The number of halogens is 1. The highest BCUT2D eigenvalue weighted by molar-refractivity contribution is 6.31. The number of rotatable bonds is 8. The van der Waals surface area contributed by atoms with Crippen LogP contribution in [0.4, 0.5) is 5.69 Å². The van der Waals surface area contributed by atoms with E-state index < -0.39 is 0 Å². The van der Waals surface area contributed by atoms with Crippen LogP contribution in [0.5, 0.6) is 11.5 Å². The smallest absolute Gasteiger partial charge is 0.238 e. The van der Waals surface area contributed by atoms with Gasteiger partial charge < -0.3 is 19.8 Å². The van der Waals surface area contributed by atoms with E-state index in [9.17, 15) is 4.79 Å². The van der Waals surface area contributed by atoms with Crippen LogP contribution in [0.15, 0.2) is 36.4 Å². The Bertz CT molecular complexity index is 1080. The van der Waals surface area contributed by atoms with Gasteiger partial charge in [-0.15, -0.1) is 0 Å². The molecule has 0 aliphatic carbocycles. The summed E-state index contributed by atoms with van der Waals surface area (Å²) >= 11 is 6.08. The maximum absolute atomic E-state index is 12.7. The minimum absolute atomic E-state index is 0.0589. The van der Waals surface area contributed by atoms with Gasteiger partial charge in [0.15, 0.2) is 0 Å². The minimum atomic E-state index is -0.0589. The van der Waals surface area contributed by atoms with Crippen molar-refractivity contribution in [1.82, 2.24) is 14.9 Å². The molecule has 0 atom stereocenters. The maximum atomic E-state index is 12.7. The molecule has 1 amide bonds. The fourth-order valence-corrected chi connectivity index (χ4v) is 4.27. The normalized spacial score (nSPS) is 15.1. The summed E-state index contributed by atoms with van der Waals surface area (Å²) in [5.41, 5.74) is 2.54. The number of aromatic nitrogens is 2. The first kappa shape index (κ1) is 22.4. The number of amides is 1. The van der Waals surface area contributed by atoms with E-state index in [1.54, 1.807) is 0 Å². The van der Waals surface area contributed by atoms with Crippen LogP contribution in [0.2, 0.25) is 5.02 Å². The quantitative estimate of drug-likeness (QED) is 0.507. The zero-order valence-electron chi connectivity index (χ0n) is 18.5. The number of hydrogen-bond acceptors (Lipinski definition) is 5. The molecule has 1 aromatic heterocycles. The van der Waals surface area contributed by atoms with Gasteiger partial charge >= 0.3 is 0 Å². The standard InChI is InChI=1S/C24H29ClN4O3/c1-3-31-18-6-8-22(32-4-2)21(14-18)26-23(30)15-29-11-9-16(10-12-29)24-27-19-7-5-17(25)13-20(19)28-24/h5-8,13-14,16H,3-4,9-12,15H2,1-2H3,(H,26,30)(H,27,28). The third-order valence-electron chi connectivity index (χ3n) is 5.64. The number of benzene rings is 2. The molecule has 0 radical (unpaired) electrons. The lowest BCUT2D eigenvalue weighted by atomic mass is 9.96. The largest absolute Gasteiger partial charge is 0.494 e. The van der Waals surface area contributed by atoms with E-state index in [4.69, 9.17) is 26.1 Å². The fourth-order valence-electron chi connectivity index (χ4n) is 4.10. The molecule has 8 heteroatoms. The topological polar surface area (TPSA) is 79.5 Å². The van der Waals surface area contributed by atoms with E-state index in [2.05, 4.69) is 15.2 Å². The number of likely N-dealkylation sites (tertiary alicyclic amines) is 1. The molecule has 170 valence electrons. The summed E-state index contributed by atoms with van der Waals surface area (Å²) in [4.78, 5) is 23.0. The Kier molecular flexibility index (Phi) is 7.17. The molecule has 1 aliphatic rings. The Labute approximate surface area is 193 Å². The third kappa shape index (κ3) is 5.34. The number of nitrogens with one attached hydrogen (secondary N) is 2. The van der Waals surface area contributed by atoms with Crippen LogP contribution in [0.3, 0.4) is 0 Å². The van der Waals surface area contributed by atoms with Crippen LogP contribution in [-0.4, -0.2) is 53.6 Å². The van der Waals surface area contributed by atoms with E-state index in [1.165, 1.54) is 0 Å². The number of carbonyl (C=O) groups excluding carboxylic acids is 1. The Morgan fingerprint density at radius 3 is 2.69 bits per heavy atom. The molecular formula is C24H29ClN4O3. The SMILES string of the molecule is CCOc1ccc(OCC)c(NC(=O)CN2CCC(c3nc4ccc(Cl)cc4[nH]3)CC2)c1. The number of hydrogen-bond donors (Lipinski definition) is 2. The Morgan fingerprint density at radius 1 is 1.16 bits per heavy atom. The van der Waals surface area contributed by atoms with E-state index in [0.29, 0.717) is 47.9 Å². The second-order valence-corrected chi connectivity index (χ2v) is 8.34. The minimum Gasteiger partial charge on any atom is -0.494 e. The molecule has 0 bridgehead atoms. The van der Waals surface area contributed by atoms with Crippen molar-refractivity contribution in [2.24, 2.45) is 0 Å². The number of imidazole rings is 1. The summed E-state index contributed by atoms with van der Waals surface area (Å²) in [6, 6.07) is 11.2. The predicted molar refractivity (Wildman–Crippen MR) is 127 cm³/mol. The molecule has 0 unspecified atom stereocenters. The maximum Gasteiger partial charge on any atom is 0.238 e. The van der Waals surface area contributed by atoms with Crippen molar-refractivity contribution in [2.45, 2.75) is 32.6 Å². The Hall–Kier alpha value is -2.77. The van der Waals surface area contributed by atoms with Gasteiger partial charge in [-0.1, -0.05) is 11.6 Å². The molecule has 2 N–H and O–H groups in total. The van der Waals surface area contributed by atoms with Gasteiger partial charge in [0.05, 0.1) is 36.5 Å². The Morgan fingerprint density at radius 2 is 1.94 bits per heavy atom. The molecule has 1 fully saturated rings. The first-order chi connectivity index (χ1) is 15.6. The van der Waals surface area contributed by atoms with E-state index in [1.807, 2.05) is 50.2 Å². The van der Waals surface area contributed by atoms with Crippen LogP contribution < -0.4 is 14.8 Å². The number of H-pyrrole nitrogens is 1. The van der Waals surface area contributed by atoms with E-state index in [-0.39, 0.29) is 5.91 Å². The van der Waals surface area contributed by atoms with Crippen molar-refractivity contribution in [2.75, 3.05) is 38.2 Å². The lowest BCUT2D eigenvalue weighted by Gasteiger charge is -2.30. The summed E-state index contributed by atoms with van der Waals surface area (Å²) in [6.45, 7) is 6.96. The van der Waals surface area contributed by atoms with Gasteiger partial charge in [0.2, 0.25) is 5.91 Å². The highest BCUT2D eigenvalue weighted by Crippen LogP contribution is 2.31. The van der Waals surface area contributed by atoms with Crippen LogP contribution in [0, 0.1) is 0 Å². The molecule has 0 spiro atoms. The van der Waals surface area contributed by atoms with Crippen molar-refractivity contribution in [3.63, 3.8) is 0 Å². The summed E-state index contributed by atoms with van der Waals surface area (Å²) in [7, 11) is 0.